The highest BCUT2D eigenvalue weighted by Gasteiger charge is 2.28. The lowest BCUT2D eigenvalue weighted by molar-refractivity contribution is -0.122. The van der Waals surface area contributed by atoms with Crippen LogP contribution < -0.4 is 15.0 Å². The predicted molar refractivity (Wildman–Crippen MR) is 159 cm³/mol. The summed E-state index contributed by atoms with van der Waals surface area (Å²) in [7, 11) is 1.64. The zero-order valence-electron chi connectivity index (χ0n) is 22.9. The van der Waals surface area contributed by atoms with Crippen molar-refractivity contribution in [2.45, 2.75) is 32.9 Å². The molecule has 4 rings (SSSR count). The number of nitrogens with zero attached hydrogens (tertiary/aromatic N) is 3. The van der Waals surface area contributed by atoms with Crippen molar-refractivity contribution in [2.24, 2.45) is 5.92 Å². The molecule has 1 aromatic heterocycles. The number of hydrogen-bond donors (Lipinski definition) is 1. The average Bonchev–Trinajstić information content (AvgIpc) is 2.98. The third-order valence-electron chi connectivity index (χ3n) is 6.47. The quantitative estimate of drug-likeness (QED) is 0.215. The van der Waals surface area contributed by atoms with Gasteiger partial charge in [0.1, 0.15) is 17.6 Å². The van der Waals surface area contributed by atoms with E-state index in [2.05, 4.69) is 25.7 Å². The van der Waals surface area contributed by atoms with Crippen molar-refractivity contribution >= 4 is 11.7 Å². The molecular formula is C33H36N4O2. The second-order valence-electron chi connectivity index (χ2n) is 9.81. The number of benzene rings is 3. The van der Waals surface area contributed by atoms with Crippen LogP contribution in [0.2, 0.25) is 0 Å². The van der Waals surface area contributed by atoms with E-state index in [0.29, 0.717) is 31.2 Å². The Balaban J connectivity index is 1.69. The maximum Gasteiger partial charge on any atom is 0.243 e. The highest BCUT2D eigenvalue weighted by atomic mass is 16.5. The molecular weight excluding hydrogens is 484 g/mol. The zero-order valence-corrected chi connectivity index (χ0v) is 22.9. The molecule has 200 valence electrons. The number of ether oxygens (including phenoxy) is 1. The molecule has 0 saturated heterocycles. The lowest BCUT2D eigenvalue weighted by atomic mass is 10.0. The lowest BCUT2D eigenvalue weighted by Gasteiger charge is -2.32. The Morgan fingerprint density at radius 2 is 1.56 bits per heavy atom. The summed E-state index contributed by atoms with van der Waals surface area (Å²) in [6.07, 6.45) is 4.23. The minimum atomic E-state index is -0.443. The van der Waals surface area contributed by atoms with Crippen LogP contribution in [0.3, 0.4) is 0 Å². The minimum absolute atomic E-state index is 0.0587. The van der Waals surface area contributed by atoms with Crippen molar-refractivity contribution in [3.63, 3.8) is 0 Å². The van der Waals surface area contributed by atoms with Gasteiger partial charge < -0.3 is 15.0 Å². The lowest BCUT2D eigenvalue weighted by Crippen LogP contribution is -2.48. The molecule has 6 nitrogen and oxygen atoms in total. The third-order valence-corrected chi connectivity index (χ3v) is 6.47. The highest BCUT2D eigenvalue weighted by Crippen LogP contribution is 2.31. The van der Waals surface area contributed by atoms with Gasteiger partial charge >= 0.3 is 0 Å². The Hall–Kier alpha value is -4.45. The Labute approximate surface area is 231 Å². The first-order valence-corrected chi connectivity index (χ1v) is 13.3. The topological polar surface area (TPSA) is 67.4 Å². The highest BCUT2D eigenvalue weighted by molar-refractivity contribution is 5.85. The number of carbonyl (C=O) groups is 1. The minimum Gasteiger partial charge on any atom is -0.497 e. The van der Waals surface area contributed by atoms with E-state index in [4.69, 9.17) is 14.7 Å². The molecule has 1 N–H and O–H groups in total. The molecule has 3 aromatic carbocycles. The monoisotopic (exact) mass is 520 g/mol. The van der Waals surface area contributed by atoms with E-state index in [1.165, 1.54) is 0 Å². The molecule has 0 radical (unpaired) electrons. The van der Waals surface area contributed by atoms with E-state index >= 15 is 0 Å². The van der Waals surface area contributed by atoms with Crippen LogP contribution in [0.25, 0.3) is 22.5 Å². The van der Waals surface area contributed by atoms with Crippen LogP contribution in [-0.2, 0) is 11.3 Å². The van der Waals surface area contributed by atoms with Crippen LogP contribution in [0.1, 0.15) is 25.8 Å². The summed E-state index contributed by atoms with van der Waals surface area (Å²) in [6.45, 7) is 9.09. The molecule has 1 heterocycles. The first kappa shape index (κ1) is 27.6. The second kappa shape index (κ2) is 13.4. The SMILES string of the molecule is C=CCN(c1cnc(-c2ccccc2)c(-c2ccccc2)n1)C(CC(C)C)C(=O)NCc1ccc(OC)cc1. The number of methoxy groups -OCH3 is 1. The summed E-state index contributed by atoms with van der Waals surface area (Å²) >= 11 is 0. The zero-order chi connectivity index (χ0) is 27.6. The van der Waals surface area contributed by atoms with Crippen molar-refractivity contribution < 1.29 is 9.53 Å². The summed E-state index contributed by atoms with van der Waals surface area (Å²) in [4.78, 5) is 25.6. The molecule has 0 saturated carbocycles. The van der Waals surface area contributed by atoms with E-state index in [-0.39, 0.29) is 5.91 Å². The van der Waals surface area contributed by atoms with Gasteiger partial charge in [0.25, 0.3) is 0 Å². The average molecular weight is 521 g/mol. The molecule has 0 aliphatic rings. The first-order valence-electron chi connectivity index (χ1n) is 13.3. The number of anilines is 1. The number of aromatic nitrogens is 2. The fraction of sp³-hybridized carbons (Fsp3) is 0.242. The largest absolute Gasteiger partial charge is 0.497 e. The standard InChI is InChI=1S/C33H36N4O2/c1-5-20-37(29(21-24(2)3)33(38)35-22-25-16-18-28(39-4)19-17-25)30-23-34-31(26-12-8-6-9-13-26)32(36-30)27-14-10-7-11-15-27/h5-19,23-24,29H,1,20-22H2,2-4H3,(H,35,38). The maximum absolute atomic E-state index is 13.6. The normalized spacial score (nSPS) is 11.6. The summed E-state index contributed by atoms with van der Waals surface area (Å²) < 4.78 is 5.25. The number of carbonyl (C=O) groups excluding carboxylic acids is 1. The van der Waals surface area contributed by atoms with E-state index in [0.717, 1.165) is 33.8 Å². The van der Waals surface area contributed by atoms with E-state index < -0.39 is 6.04 Å². The van der Waals surface area contributed by atoms with Crippen LogP contribution in [-0.4, -0.2) is 35.6 Å². The fourth-order valence-electron chi connectivity index (χ4n) is 4.51. The van der Waals surface area contributed by atoms with Crippen LogP contribution in [0.15, 0.2) is 104 Å². The molecule has 0 aliphatic heterocycles. The van der Waals surface area contributed by atoms with Crippen LogP contribution in [0.5, 0.6) is 5.75 Å². The molecule has 1 atom stereocenters. The van der Waals surface area contributed by atoms with Gasteiger partial charge in [-0.2, -0.15) is 0 Å². The van der Waals surface area contributed by atoms with Crippen molar-refractivity contribution in [3.8, 4) is 28.3 Å². The van der Waals surface area contributed by atoms with Gasteiger partial charge in [0.05, 0.1) is 24.7 Å². The Kier molecular flexibility index (Phi) is 9.46. The Morgan fingerprint density at radius 3 is 2.13 bits per heavy atom. The van der Waals surface area contributed by atoms with Crippen molar-refractivity contribution in [1.82, 2.24) is 15.3 Å². The van der Waals surface area contributed by atoms with Gasteiger partial charge in [-0.15, -0.1) is 6.58 Å². The fourth-order valence-corrected chi connectivity index (χ4v) is 4.51. The number of nitrogens with one attached hydrogen (secondary N) is 1. The summed E-state index contributed by atoms with van der Waals surface area (Å²) in [5, 5.41) is 3.13. The van der Waals surface area contributed by atoms with Gasteiger partial charge in [-0.1, -0.05) is 92.7 Å². The predicted octanol–water partition coefficient (Wildman–Crippen LogP) is 6.54. The molecule has 39 heavy (non-hydrogen) atoms. The molecule has 0 fully saturated rings. The van der Waals surface area contributed by atoms with Crippen LogP contribution in [0, 0.1) is 5.92 Å². The number of rotatable bonds is 12. The summed E-state index contributed by atoms with van der Waals surface area (Å²) in [5.74, 6) is 1.65. The molecule has 1 unspecified atom stereocenters. The Bertz CT molecular complexity index is 1360. The summed E-state index contributed by atoms with van der Waals surface area (Å²) in [5.41, 5.74) is 4.53. The molecule has 6 heteroatoms. The first-order chi connectivity index (χ1) is 19.0. The number of amides is 1. The van der Waals surface area contributed by atoms with Gasteiger partial charge in [0.15, 0.2) is 0 Å². The molecule has 0 aliphatic carbocycles. The van der Waals surface area contributed by atoms with E-state index in [1.54, 1.807) is 19.4 Å². The third kappa shape index (κ3) is 7.11. The van der Waals surface area contributed by atoms with Gasteiger partial charge in [0.2, 0.25) is 5.91 Å². The molecule has 4 aromatic rings. The van der Waals surface area contributed by atoms with Gasteiger partial charge in [-0.25, -0.2) is 4.98 Å². The molecule has 1 amide bonds. The van der Waals surface area contributed by atoms with Gasteiger partial charge in [-0.05, 0) is 30.0 Å². The van der Waals surface area contributed by atoms with Crippen molar-refractivity contribution in [3.05, 3.63) is 109 Å². The van der Waals surface area contributed by atoms with Crippen LogP contribution >= 0.6 is 0 Å². The number of hydrogen-bond acceptors (Lipinski definition) is 5. The van der Waals surface area contributed by atoms with Crippen molar-refractivity contribution in [1.29, 1.82) is 0 Å². The van der Waals surface area contributed by atoms with E-state index in [1.807, 2.05) is 89.8 Å². The Morgan fingerprint density at radius 1 is 0.949 bits per heavy atom. The van der Waals surface area contributed by atoms with Gasteiger partial charge in [0, 0.05) is 24.2 Å². The molecule has 0 bridgehead atoms. The van der Waals surface area contributed by atoms with Crippen molar-refractivity contribution in [2.75, 3.05) is 18.6 Å². The summed E-state index contributed by atoms with van der Waals surface area (Å²) in [6, 6.07) is 27.3. The second-order valence-corrected chi connectivity index (χ2v) is 9.81. The van der Waals surface area contributed by atoms with Crippen LogP contribution in [0.4, 0.5) is 5.82 Å². The molecule has 0 spiro atoms. The van der Waals surface area contributed by atoms with E-state index in [9.17, 15) is 4.79 Å². The maximum atomic E-state index is 13.6. The van der Waals surface area contributed by atoms with Gasteiger partial charge in [-0.3, -0.25) is 9.78 Å². The smallest absolute Gasteiger partial charge is 0.243 e.